The highest BCUT2D eigenvalue weighted by Gasteiger charge is 2.30. The largest absolute Gasteiger partial charge is 0.507 e. The van der Waals surface area contributed by atoms with E-state index in [0.717, 1.165) is 31.5 Å². The highest BCUT2D eigenvalue weighted by molar-refractivity contribution is 5.40. The van der Waals surface area contributed by atoms with Crippen molar-refractivity contribution in [3.05, 3.63) is 81.9 Å². The van der Waals surface area contributed by atoms with Gasteiger partial charge in [0.2, 0.25) is 0 Å². The number of piperidine rings is 1. The molecule has 1 fully saturated rings. The lowest BCUT2D eigenvalue weighted by Crippen LogP contribution is -2.38. The first-order valence-electron chi connectivity index (χ1n) is 9.75. The van der Waals surface area contributed by atoms with Gasteiger partial charge in [-0.3, -0.25) is 14.7 Å². The van der Waals surface area contributed by atoms with Crippen molar-refractivity contribution in [1.29, 1.82) is 0 Å². The van der Waals surface area contributed by atoms with E-state index in [0.29, 0.717) is 23.6 Å². The molecule has 3 aromatic rings. The second-order valence-electron chi connectivity index (χ2n) is 7.34. The molecule has 1 aliphatic rings. The monoisotopic (exact) mass is 379 g/mol. The highest BCUT2D eigenvalue weighted by Crippen LogP contribution is 2.34. The van der Waals surface area contributed by atoms with E-state index in [1.165, 1.54) is 6.42 Å². The van der Waals surface area contributed by atoms with Crippen molar-refractivity contribution in [2.45, 2.75) is 38.8 Å². The van der Waals surface area contributed by atoms with Crippen molar-refractivity contribution in [3.63, 3.8) is 0 Å². The minimum absolute atomic E-state index is 0.0468. The van der Waals surface area contributed by atoms with Crippen molar-refractivity contribution in [1.82, 2.24) is 14.5 Å². The van der Waals surface area contributed by atoms with Crippen LogP contribution in [0.25, 0.3) is 0 Å². The summed E-state index contributed by atoms with van der Waals surface area (Å²) in [7, 11) is 0. The summed E-state index contributed by atoms with van der Waals surface area (Å²) in [6.07, 6.45) is 8.45. The molecule has 3 aromatic heterocycles. The van der Waals surface area contributed by atoms with Gasteiger partial charge in [0.05, 0.1) is 24.4 Å². The summed E-state index contributed by atoms with van der Waals surface area (Å²) >= 11 is 0. The van der Waals surface area contributed by atoms with Crippen molar-refractivity contribution >= 4 is 0 Å². The maximum Gasteiger partial charge on any atom is 0.260 e. The zero-order valence-electron chi connectivity index (χ0n) is 16.0. The minimum Gasteiger partial charge on any atom is -0.507 e. The first-order valence-corrected chi connectivity index (χ1v) is 9.75. The van der Waals surface area contributed by atoms with E-state index < -0.39 is 0 Å². The fraction of sp³-hybridized carbons (Fsp3) is 0.364. The molecule has 4 rings (SSSR count). The molecule has 1 atom stereocenters. The summed E-state index contributed by atoms with van der Waals surface area (Å²) in [5.74, 6) is 0.755. The SMILES string of the molecule is Cc1cc(O)c(C(c2ccncc2)N2CCCCC2)c(=O)n1Cc1ccco1. The average Bonchev–Trinajstić information content (AvgIpc) is 3.23. The van der Waals surface area contributed by atoms with Gasteiger partial charge in [-0.2, -0.15) is 0 Å². The number of aromatic nitrogens is 2. The molecule has 0 saturated carbocycles. The number of likely N-dealkylation sites (tertiary alicyclic amines) is 1. The molecule has 4 heterocycles. The number of hydrogen-bond donors (Lipinski definition) is 1. The van der Waals surface area contributed by atoms with Crippen LogP contribution in [0.15, 0.2) is 58.2 Å². The van der Waals surface area contributed by atoms with Crippen molar-refractivity contribution < 1.29 is 9.52 Å². The Kier molecular flexibility index (Phi) is 5.30. The van der Waals surface area contributed by atoms with Crippen LogP contribution in [0.5, 0.6) is 5.75 Å². The molecule has 6 nitrogen and oxygen atoms in total. The first-order chi connectivity index (χ1) is 13.6. The molecule has 146 valence electrons. The van der Waals surface area contributed by atoms with Gasteiger partial charge < -0.3 is 14.1 Å². The Bertz CT molecular complexity index is 974. The third-order valence-electron chi connectivity index (χ3n) is 5.47. The number of nitrogens with zero attached hydrogens (tertiary/aromatic N) is 3. The molecule has 0 bridgehead atoms. The second-order valence-corrected chi connectivity index (χ2v) is 7.34. The maximum absolute atomic E-state index is 13.5. The molecule has 0 spiro atoms. The standard InChI is InChI=1S/C22H25N3O3/c1-16-14-19(26)20(22(27)25(16)15-18-6-5-13-28-18)21(17-7-9-23-10-8-17)24-11-3-2-4-12-24/h5-10,13-14,21,26H,2-4,11-12,15H2,1H3. The van der Waals surface area contributed by atoms with Gasteiger partial charge in [0, 0.05) is 18.1 Å². The number of rotatable bonds is 5. The molecule has 1 saturated heterocycles. The van der Waals surface area contributed by atoms with E-state index >= 15 is 0 Å². The molecule has 0 amide bonds. The Morgan fingerprint density at radius 1 is 1.18 bits per heavy atom. The fourth-order valence-corrected chi connectivity index (χ4v) is 4.06. The molecule has 0 aromatic carbocycles. The number of pyridine rings is 2. The predicted octanol–water partition coefficient (Wildman–Crippen LogP) is 3.47. The van der Waals surface area contributed by atoms with E-state index in [9.17, 15) is 9.90 Å². The van der Waals surface area contributed by atoms with E-state index in [1.54, 1.807) is 29.3 Å². The van der Waals surface area contributed by atoms with Crippen LogP contribution < -0.4 is 5.56 Å². The van der Waals surface area contributed by atoms with Gasteiger partial charge in [0.25, 0.3) is 5.56 Å². The van der Waals surface area contributed by atoms with Crippen molar-refractivity contribution in [3.8, 4) is 5.75 Å². The summed E-state index contributed by atoms with van der Waals surface area (Å²) < 4.78 is 7.11. The Balaban J connectivity index is 1.84. The van der Waals surface area contributed by atoms with Crippen LogP contribution >= 0.6 is 0 Å². The number of aryl methyl sites for hydroxylation is 1. The lowest BCUT2D eigenvalue weighted by Gasteiger charge is -2.35. The van der Waals surface area contributed by atoms with Gasteiger partial charge in [-0.1, -0.05) is 6.42 Å². The van der Waals surface area contributed by atoms with Crippen LogP contribution in [0.4, 0.5) is 0 Å². The summed E-state index contributed by atoms with van der Waals surface area (Å²) in [6, 6.07) is 8.90. The van der Waals surface area contributed by atoms with Gasteiger partial charge in [-0.15, -0.1) is 0 Å². The fourth-order valence-electron chi connectivity index (χ4n) is 4.06. The van der Waals surface area contributed by atoms with E-state index in [1.807, 2.05) is 31.2 Å². The van der Waals surface area contributed by atoms with E-state index in [2.05, 4.69) is 9.88 Å². The minimum atomic E-state index is -0.292. The zero-order chi connectivity index (χ0) is 19.5. The lowest BCUT2D eigenvalue weighted by molar-refractivity contribution is 0.183. The summed E-state index contributed by atoms with van der Waals surface area (Å²) in [4.78, 5) is 19.9. The summed E-state index contributed by atoms with van der Waals surface area (Å²) in [5.41, 5.74) is 1.92. The van der Waals surface area contributed by atoms with Crippen LogP contribution in [0.2, 0.25) is 0 Å². The third-order valence-corrected chi connectivity index (χ3v) is 5.47. The Labute approximate surface area is 164 Å². The van der Waals surface area contributed by atoms with E-state index in [4.69, 9.17) is 4.42 Å². The molecule has 28 heavy (non-hydrogen) atoms. The summed E-state index contributed by atoms with van der Waals surface area (Å²) in [6.45, 7) is 3.97. The molecule has 0 aliphatic carbocycles. The molecule has 6 heteroatoms. The van der Waals surface area contributed by atoms with Gasteiger partial charge in [0.15, 0.2) is 0 Å². The normalized spacial score (nSPS) is 16.2. The number of furan rings is 1. The Morgan fingerprint density at radius 2 is 1.93 bits per heavy atom. The first kappa shape index (κ1) is 18.5. The van der Waals surface area contributed by atoms with Gasteiger partial charge >= 0.3 is 0 Å². The molecular formula is C22H25N3O3. The van der Waals surface area contributed by atoms with Crippen LogP contribution in [-0.2, 0) is 6.54 Å². The molecule has 0 radical (unpaired) electrons. The molecule has 1 aliphatic heterocycles. The average molecular weight is 379 g/mol. The topological polar surface area (TPSA) is 71.5 Å². The van der Waals surface area contributed by atoms with Crippen LogP contribution in [0.3, 0.4) is 0 Å². The smallest absolute Gasteiger partial charge is 0.260 e. The van der Waals surface area contributed by atoms with Crippen LogP contribution in [-0.4, -0.2) is 32.6 Å². The summed E-state index contributed by atoms with van der Waals surface area (Å²) in [5, 5.41) is 10.8. The van der Waals surface area contributed by atoms with Crippen LogP contribution in [0, 0.1) is 6.92 Å². The molecule has 1 unspecified atom stereocenters. The maximum atomic E-state index is 13.5. The van der Waals surface area contributed by atoms with Gasteiger partial charge in [-0.25, -0.2) is 0 Å². The van der Waals surface area contributed by atoms with Crippen LogP contribution in [0.1, 0.15) is 47.9 Å². The van der Waals surface area contributed by atoms with Crippen molar-refractivity contribution in [2.24, 2.45) is 0 Å². The van der Waals surface area contributed by atoms with E-state index in [-0.39, 0.29) is 17.4 Å². The third kappa shape index (κ3) is 3.60. The Morgan fingerprint density at radius 3 is 2.61 bits per heavy atom. The predicted molar refractivity (Wildman–Crippen MR) is 106 cm³/mol. The zero-order valence-corrected chi connectivity index (χ0v) is 16.0. The molecular weight excluding hydrogens is 354 g/mol. The number of aromatic hydroxyl groups is 1. The molecule has 1 N–H and O–H groups in total. The van der Waals surface area contributed by atoms with Gasteiger partial charge in [-0.05, 0) is 68.8 Å². The van der Waals surface area contributed by atoms with Crippen molar-refractivity contribution in [2.75, 3.05) is 13.1 Å². The highest BCUT2D eigenvalue weighted by atomic mass is 16.3. The second kappa shape index (κ2) is 8.02. The number of hydrogen-bond acceptors (Lipinski definition) is 5. The van der Waals surface area contributed by atoms with Gasteiger partial charge in [0.1, 0.15) is 11.5 Å². The lowest BCUT2D eigenvalue weighted by atomic mass is 9.95. The quantitative estimate of drug-likeness (QED) is 0.735. The Hall–Kier alpha value is -2.86.